The van der Waals surface area contributed by atoms with Crippen LogP contribution in [0.4, 0.5) is 0 Å². The number of hydrogen-bond acceptors (Lipinski definition) is 3. The maximum Gasteiger partial charge on any atom is 0.336 e. The molecule has 1 aromatic carbocycles. The van der Waals surface area contributed by atoms with Crippen LogP contribution in [0.15, 0.2) is 24.3 Å². The number of benzene rings is 1. The lowest BCUT2D eigenvalue weighted by Gasteiger charge is -2.16. The molecule has 1 rings (SSSR count). The van der Waals surface area contributed by atoms with Crippen molar-refractivity contribution in [3.05, 3.63) is 35.4 Å². The van der Waals surface area contributed by atoms with E-state index in [9.17, 15) is 9.90 Å². The molecular formula is C10H13NO3. The van der Waals surface area contributed by atoms with E-state index in [0.29, 0.717) is 5.56 Å². The normalized spacial score (nSPS) is 14.8. The molecule has 0 aliphatic heterocycles. The maximum absolute atomic E-state index is 10.8. The van der Waals surface area contributed by atoms with Gasteiger partial charge in [0.05, 0.1) is 17.7 Å². The lowest BCUT2D eigenvalue weighted by atomic mass is 9.98. The van der Waals surface area contributed by atoms with E-state index in [-0.39, 0.29) is 5.56 Å². The molecule has 1 aromatic rings. The van der Waals surface area contributed by atoms with E-state index in [1.54, 1.807) is 18.2 Å². The highest BCUT2D eigenvalue weighted by atomic mass is 16.4. The van der Waals surface area contributed by atoms with Crippen molar-refractivity contribution in [2.75, 3.05) is 0 Å². The van der Waals surface area contributed by atoms with Gasteiger partial charge in [0.15, 0.2) is 0 Å². The van der Waals surface area contributed by atoms with Gasteiger partial charge < -0.3 is 15.9 Å². The summed E-state index contributed by atoms with van der Waals surface area (Å²) in [6, 6.07) is 5.74. The number of carboxylic acid groups (broad SMARTS) is 1. The summed E-state index contributed by atoms with van der Waals surface area (Å²) in [7, 11) is 0. The third-order valence-corrected chi connectivity index (χ3v) is 2.07. The van der Waals surface area contributed by atoms with Crippen molar-refractivity contribution in [2.24, 2.45) is 5.73 Å². The number of aliphatic hydroxyl groups is 1. The molecule has 14 heavy (non-hydrogen) atoms. The Balaban J connectivity index is 3.13. The fraction of sp³-hybridized carbons (Fsp3) is 0.300. The zero-order valence-electron chi connectivity index (χ0n) is 7.84. The van der Waals surface area contributed by atoms with Crippen molar-refractivity contribution in [1.29, 1.82) is 0 Å². The second-order valence-corrected chi connectivity index (χ2v) is 3.16. The predicted octanol–water partition coefficient (Wildman–Crippen LogP) is 0.765. The molecule has 0 spiro atoms. The van der Waals surface area contributed by atoms with Crippen LogP contribution in [-0.4, -0.2) is 22.3 Å². The first-order chi connectivity index (χ1) is 6.54. The quantitative estimate of drug-likeness (QED) is 0.665. The molecule has 0 aliphatic rings. The van der Waals surface area contributed by atoms with Gasteiger partial charge in [-0.2, -0.15) is 0 Å². The highest BCUT2D eigenvalue weighted by Crippen LogP contribution is 2.18. The average molecular weight is 195 g/mol. The zero-order chi connectivity index (χ0) is 10.7. The molecule has 4 heteroatoms. The first-order valence-corrected chi connectivity index (χ1v) is 4.30. The van der Waals surface area contributed by atoms with E-state index in [2.05, 4.69) is 0 Å². The Morgan fingerprint density at radius 3 is 2.50 bits per heavy atom. The molecule has 0 saturated heterocycles. The van der Waals surface area contributed by atoms with Crippen LogP contribution in [0, 0.1) is 0 Å². The lowest BCUT2D eigenvalue weighted by Crippen LogP contribution is -2.25. The third-order valence-electron chi connectivity index (χ3n) is 2.07. The highest BCUT2D eigenvalue weighted by molar-refractivity contribution is 5.89. The molecule has 4 N–H and O–H groups in total. The van der Waals surface area contributed by atoms with E-state index >= 15 is 0 Å². The van der Waals surface area contributed by atoms with Gasteiger partial charge in [-0.3, -0.25) is 0 Å². The Bertz CT molecular complexity index is 336. The largest absolute Gasteiger partial charge is 0.478 e. The van der Waals surface area contributed by atoms with Crippen molar-refractivity contribution in [3.8, 4) is 0 Å². The van der Waals surface area contributed by atoms with Gasteiger partial charge in [0.1, 0.15) is 0 Å². The van der Waals surface area contributed by atoms with Crippen LogP contribution in [0.1, 0.15) is 28.9 Å². The number of aliphatic hydroxyl groups excluding tert-OH is 1. The van der Waals surface area contributed by atoms with E-state index in [1.165, 1.54) is 13.0 Å². The van der Waals surface area contributed by atoms with Crippen molar-refractivity contribution >= 4 is 5.97 Å². The standard InChI is InChI=1S/C10H13NO3/c1-6(12)9(11)7-4-2-3-5-8(7)10(13)14/h2-6,9,12H,11H2,1H3,(H,13,14)/t6-,9-/m0/s1. The van der Waals surface area contributed by atoms with E-state index in [4.69, 9.17) is 10.8 Å². The first-order valence-electron chi connectivity index (χ1n) is 4.30. The molecule has 0 aliphatic carbocycles. The predicted molar refractivity (Wildman–Crippen MR) is 52.0 cm³/mol. The van der Waals surface area contributed by atoms with Gasteiger partial charge in [-0.1, -0.05) is 18.2 Å². The Kier molecular flexibility index (Phi) is 3.22. The Morgan fingerprint density at radius 1 is 1.43 bits per heavy atom. The zero-order valence-corrected chi connectivity index (χ0v) is 7.84. The van der Waals surface area contributed by atoms with Crippen molar-refractivity contribution in [3.63, 3.8) is 0 Å². The summed E-state index contributed by atoms with van der Waals surface area (Å²) < 4.78 is 0. The van der Waals surface area contributed by atoms with Crippen molar-refractivity contribution < 1.29 is 15.0 Å². The summed E-state index contributed by atoms with van der Waals surface area (Å²) >= 11 is 0. The van der Waals surface area contributed by atoms with Crippen molar-refractivity contribution in [2.45, 2.75) is 19.1 Å². The van der Waals surface area contributed by atoms with Crippen LogP contribution >= 0.6 is 0 Å². The van der Waals surface area contributed by atoms with Gasteiger partial charge in [0.25, 0.3) is 0 Å². The Labute approximate surface area is 82.0 Å². The van der Waals surface area contributed by atoms with Crippen LogP contribution < -0.4 is 5.73 Å². The van der Waals surface area contributed by atoms with Crippen molar-refractivity contribution in [1.82, 2.24) is 0 Å². The summed E-state index contributed by atoms with van der Waals surface area (Å²) in [5.41, 5.74) is 6.26. The molecule has 0 unspecified atom stereocenters. The molecular weight excluding hydrogens is 182 g/mol. The molecule has 0 amide bonds. The van der Waals surface area contributed by atoms with Gasteiger partial charge in [-0.15, -0.1) is 0 Å². The van der Waals surface area contributed by atoms with Crippen LogP contribution in [0.5, 0.6) is 0 Å². The molecule has 0 fully saturated rings. The Morgan fingerprint density at radius 2 is 2.00 bits per heavy atom. The number of aromatic carboxylic acids is 1. The summed E-state index contributed by atoms with van der Waals surface area (Å²) in [4.78, 5) is 10.8. The van der Waals surface area contributed by atoms with Crippen LogP contribution in [0.2, 0.25) is 0 Å². The molecule has 0 bridgehead atoms. The smallest absolute Gasteiger partial charge is 0.336 e. The average Bonchev–Trinajstić information content (AvgIpc) is 2.16. The van der Waals surface area contributed by atoms with E-state index in [0.717, 1.165) is 0 Å². The van der Waals surface area contributed by atoms with Gasteiger partial charge in [0.2, 0.25) is 0 Å². The second kappa shape index (κ2) is 4.21. The molecule has 0 aromatic heterocycles. The summed E-state index contributed by atoms with van der Waals surface area (Å²) in [5.74, 6) is -1.03. The van der Waals surface area contributed by atoms with E-state index in [1.807, 2.05) is 0 Å². The maximum atomic E-state index is 10.8. The number of carboxylic acids is 1. The molecule has 0 radical (unpaired) electrons. The summed E-state index contributed by atoms with van der Waals surface area (Å²) in [5, 5.41) is 18.1. The fourth-order valence-electron chi connectivity index (χ4n) is 1.24. The number of hydrogen-bond donors (Lipinski definition) is 3. The first kappa shape index (κ1) is 10.7. The Hall–Kier alpha value is -1.39. The van der Waals surface area contributed by atoms with Gasteiger partial charge >= 0.3 is 5.97 Å². The minimum Gasteiger partial charge on any atom is -0.478 e. The minimum atomic E-state index is -1.03. The highest BCUT2D eigenvalue weighted by Gasteiger charge is 2.18. The molecule has 76 valence electrons. The second-order valence-electron chi connectivity index (χ2n) is 3.16. The minimum absolute atomic E-state index is 0.140. The summed E-state index contributed by atoms with van der Waals surface area (Å²) in [6.45, 7) is 1.53. The van der Waals surface area contributed by atoms with Gasteiger partial charge in [0, 0.05) is 0 Å². The van der Waals surface area contributed by atoms with Gasteiger partial charge in [-0.25, -0.2) is 4.79 Å². The van der Waals surface area contributed by atoms with E-state index < -0.39 is 18.1 Å². The molecule has 2 atom stereocenters. The number of carbonyl (C=O) groups is 1. The van der Waals surface area contributed by atoms with Gasteiger partial charge in [-0.05, 0) is 18.6 Å². The summed E-state index contributed by atoms with van der Waals surface area (Å²) in [6.07, 6.45) is -0.768. The van der Waals surface area contributed by atoms with Crippen LogP contribution in [0.3, 0.4) is 0 Å². The lowest BCUT2D eigenvalue weighted by molar-refractivity contribution is 0.0693. The molecule has 0 saturated carbocycles. The topological polar surface area (TPSA) is 83.5 Å². The number of nitrogens with two attached hydrogens (primary N) is 1. The van der Waals surface area contributed by atoms with Crippen LogP contribution in [0.25, 0.3) is 0 Å². The third kappa shape index (κ3) is 2.10. The fourth-order valence-corrected chi connectivity index (χ4v) is 1.24. The van der Waals surface area contributed by atoms with Crippen LogP contribution in [-0.2, 0) is 0 Å². The monoisotopic (exact) mass is 195 g/mol. The number of rotatable bonds is 3. The molecule has 0 heterocycles. The molecule has 4 nitrogen and oxygen atoms in total. The SMILES string of the molecule is C[C@H](O)[C@H](N)c1ccccc1C(=O)O.